The summed E-state index contributed by atoms with van der Waals surface area (Å²) in [7, 11) is 1.52. The zero-order valence-electron chi connectivity index (χ0n) is 14.2. The number of carboxylic acids is 1. The van der Waals surface area contributed by atoms with Crippen molar-refractivity contribution in [3.05, 3.63) is 66.4 Å². The van der Waals surface area contributed by atoms with Crippen molar-refractivity contribution in [3.63, 3.8) is 0 Å². The molecular weight excluding hydrogens is 322 g/mol. The number of carboxylic acid groups (broad SMARTS) is 1. The summed E-state index contributed by atoms with van der Waals surface area (Å²) in [6, 6.07) is 5.20. The van der Waals surface area contributed by atoms with E-state index < -0.39 is 11.9 Å². The zero-order valence-corrected chi connectivity index (χ0v) is 14.2. The van der Waals surface area contributed by atoms with Gasteiger partial charge in [-0.3, -0.25) is 4.79 Å². The van der Waals surface area contributed by atoms with Crippen LogP contribution in [0.2, 0.25) is 0 Å². The van der Waals surface area contributed by atoms with Gasteiger partial charge in [0.15, 0.2) is 11.5 Å². The Kier molecular flexibility index (Phi) is 7.72. The van der Waals surface area contributed by atoms with E-state index in [9.17, 15) is 9.59 Å². The molecule has 0 unspecified atom stereocenters. The van der Waals surface area contributed by atoms with Crippen LogP contribution in [0.4, 0.5) is 0 Å². The molecule has 25 heavy (non-hydrogen) atoms. The highest BCUT2D eigenvalue weighted by Crippen LogP contribution is 2.28. The lowest BCUT2D eigenvalue weighted by Crippen LogP contribution is -2.23. The van der Waals surface area contributed by atoms with Crippen molar-refractivity contribution in [3.8, 4) is 11.5 Å². The van der Waals surface area contributed by atoms with Gasteiger partial charge in [-0.15, -0.1) is 0 Å². The Morgan fingerprint density at radius 1 is 1.32 bits per heavy atom. The number of carbonyl (C=O) groups excluding carboxylic acids is 1. The maximum absolute atomic E-state index is 11.9. The van der Waals surface area contributed by atoms with Crippen molar-refractivity contribution >= 4 is 18.0 Å². The van der Waals surface area contributed by atoms with Crippen LogP contribution in [0.5, 0.6) is 11.5 Å². The van der Waals surface area contributed by atoms with Crippen LogP contribution in [-0.4, -0.2) is 30.7 Å². The highest BCUT2D eigenvalue weighted by Gasteiger charge is 2.11. The molecule has 6 heteroatoms. The molecule has 0 radical (unpaired) electrons. The van der Waals surface area contributed by atoms with Crippen LogP contribution in [0, 0.1) is 0 Å². The van der Waals surface area contributed by atoms with Gasteiger partial charge in [0, 0.05) is 11.8 Å². The van der Waals surface area contributed by atoms with Gasteiger partial charge < -0.3 is 19.9 Å². The first-order valence-electron chi connectivity index (χ1n) is 7.42. The molecule has 1 rings (SSSR count). The van der Waals surface area contributed by atoms with E-state index >= 15 is 0 Å². The van der Waals surface area contributed by atoms with E-state index in [0.717, 1.165) is 0 Å². The number of benzene rings is 1. The monoisotopic (exact) mass is 343 g/mol. The number of rotatable bonds is 9. The van der Waals surface area contributed by atoms with Crippen molar-refractivity contribution in [2.75, 3.05) is 13.7 Å². The molecule has 0 saturated heterocycles. The zero-order chi connectivity index (χ0) is 18.8. The minimum atomic E-state index is -1.16. The fourth-order valence-corrected chi connectivity index (χ4v) is 1.91. The van der Waals surface area contributed by atoms with Gasteiger partial charge in [-0.1, -0.05) is 31.4 Å². The molecule has 0 fully saturated rings. The molecule has 132 valence electrons. The average molecular weight is 343 g/mol. The van der Waals surface area contributed by atoms with Gasteiger partial charge in [0.05, 0.1) is 12.7 Å². The molecule has 0 heterocycles. The number of allylic oxidation sites excluding steroid dienone is 1. The second kappa shape index (κ2) is 9.77. The Balaban J connectivity index is 2.80. The highest BCUT2D eigenvalue weighted by atomic mass is 16.5. The molecule has 0 aromatic heterocycles. The van der Waals surface area contributed by atoms with Gasteiger partial charge >= 0.3 is 5.97 Å². The minimum absolute atomic E-state index is 0.0235. The lowest BCUT2D eigenvalue weighted by molar-refractivity contribution is -0.132. The fraction of sp³-hybridized carbons (Fsp3) is 0.158. The number of ether oxygens (including phenoxy) is 2. The Labute approximate surface area is 146 Å². The number of aliphatic carboxylic acids is 1. The van der Waals surface area contributed by atoms with Crippen LogP contribution in [0.1, 0.15) is 12.5 Å². The second-order valence-electron chi connectivity index (χ2n) is 4.82. The molecule has 1 amide bonds. The van der Waals surface area contributed by atoms with Crippen LogP contribution in [0.3, 0.4) is 0 Å². The molecule has 6 nitrogen and oxygen atoms in total. The molecule has 0 aliphatic heterocycles. The number of nitrogens with one attached hydrogen (secondary N) is 1. The molecule has 0 aliphatic carbocycles. The van der Waals surface area contributed by atoms with E-state index in [1.807, 2.05) is 0 Å². The maximum atomic E-state index is 11.9. The normalized spacial score (nSPS) is 11.0. The molecule has 0 spiro atoms. The molecule has 0 atom stereocenters. The predicted molar refractivity (Wildman–Crippen MR) is 96.4 cm³/mol. The minimum Gasteiger partial charge on any atom is -0.493 e. The van der Waals surface area contributed by atoms with Gasteiger partial charge in [-0.05, 0) is 30.7 Å². The summed E-state index contributed by atoms with van der Waals surface area (Å²) >= 11 is 0. The van der Waals surface area contributed by atoms with Gasteiger partial charge in [-0.2, -0.15) is 0 Å². The molecular formula is C19H21NO5. The smallest absolute Gasteiger partial charge is 0.337 e. The summed E-state index contributed by atoms with van der Waals surface area (Å²) in [4.78, 5) is 22.9. The van der Waals surface area contributed by atoms with Crippen LogP contribution in [-0.2, 0) is 9.59 Å². The maximum Gasteiger partial charge on any atom is 0.337 e. The average Bonchev–Trinajstić information content (AvgIpc) is 2.58. The van der Waals surface area contributed by atoms with Crippen LogP contribution >= 0.6 is 0 Å². The summed E-state index contributed by atoms with van der Waals surface area (Å²) in [6.45, 7) is 9.04. The third-order valence-electron chi connectivity index (χ3n) is 3.09. The van der Waals surface area contributed by atoms with Gasteiger partial charge in [0.1, 0.15) is 6.61 Å². The van der Waals surface area contributed by atoms with Crippen molar-refractivity contribution < 1.29 is 24.2 Å². The van der Waals surface area contributed by atoms with Crippen molar-refractivity contribution in [2.24, 2.45) is 0 Å². The summed E-state index contributed by atoms with van der Waals surface area (Å²) in [5.74, 6) is -0.555. The number of hydrogen-bond acceptors (Lipinski definition) is 4. The van der Waals surface area contributed by atoms with E-state index in [1.54, 1.807) is 37.3 Å². The number of methoxy groups -OCH3 is 1. The van der Waals surface area contributed by atoms with Crippen molar-refractivity contribution in [1.29, 1.82) is 0 Å². The van der Waals surface area contributed by atoms with E-state index in [2.05, 4.69) is 18.5 Å². The number of hydrogen-bond donors (Lipinski definition) is 2. The first-order chi connectivity index (χ1) is 11.9. The Bertz CT molecular complexity index is 731. The Hall–Kier alpha value is -3.28. The Morgan fingerprint density at radius 2 is 2.04 bits per heavy atom. The third-order valence-corrected chi connectivity index (χ3v) is 3.09. The van der Waals surface area contributed by atoms with Gasteiger partial charge in [-0.25, -0.2) is 4.79 Å². The number of carbonyl (C=O) groups is 2. The second-order valence-corrected chi connectivity index (χ2v) is 4.82. The van der Waals surface area contributed by atoms with Gasteiger partial charge in [0.2, 0.25) is 5.91 Å². The van der Waals surface area contributed by atoms with Crippen LogP contribution < -0.4 is 14.8 Å². The van der Waals surface area contributed by atoms with E-state index in [0.29, 0.717) is 23.7 Å². The topological polar surface area (TPSA) is 84.9 Å². The first-order valence-corrected chi connectivity index (χ1v) is 7.42. The third kappa shape index (κ3) is 6.02. The summed E-state index contributed by atoms with van der Waals surface area (Å²) in [5, 5.41) is 11.4. The quantitative estimate of drug-likeness (QED) is 0.409. The molecule has 0 aliphatic rings. The van der Waals surface area contributed by atoms with Crippen LogP contribution in [0.25, 0.3) is 6.08 Å². The molecule has 0 bridgehead atoms. The summed E-state index contributed by atoms with van der Waals surface area (Å²) < 4.78 is 10.7. The van der Waals surface area contributed by atoms with Gasteiger partial charge in [0.25, 0.3) is 0 Å². The van der Waals surface area contributed by atoms with E-state index in [-0.39, 0.29) is 11.3 Å². The lowest BCUT2D eigenvalue weighted by Gasteiger charge is -2.10. The largest absolute Gasteiger partial charge is 0.493 e. The summed E-state index contributed by atoms with van der Waals surface area (Å²) in [5.41, 5.74) is 0.676. The molecule has 2 N–H and O–H groups in total. The Morgan fingerprint density at radius 3 is 2.60 bits per heavy atom. The standard InChI is InChI=1S/C19H21NO5/c1-5-11-25-16-9-7-14(12-17(16)24-4)8-10-18(21)20-13(3)15(6-2)19(22)23/h5-10,12H,1,3,11H2,2,4H3,(H,20,21)(H,22,23). The summed E-state index contributed by atoms with van der Waals surface area (Å²) in [6.07, 6.45) is 5.83. The molecule has 0 saturated carbocycles. The highest BCUT2D eigenvalue weighted by molar-refractivity contribution is 5.97. The molecule has 1 aromatic carbocycles. The van der Waals surface area contributed by atoms with Crippen molar-refractivity contribution in [1.82, 2.24) is 5.32 Å². The van der Waals surface area contributed by atoms with Crippen LogP contribution in [0.15, 0.2) is 60.9 Å². The van der Waals surface area contributed by atoms with E-state index in [4.69, 9.17) is 14.6 Å². The fourth-order valence-electron chi connectivity index (χ4n) is 1.91. The lowest BCUT2D eigenvalue weighted by atomic mass is 10.1. The number of amides is 1. The molecule has 1 aromatic rings. The predicted octanol–water partition coefficient (Wildman–Crippen LogP) is 2.93. The SMILES string of the molecule is C=CCOc1ccc(C=CC(=O)NC(=C)C(=CC)C(=O)O)cc1OC. The van der Waals surface area contributed by atoms with Crippen molar-refractivity contribution in [2.45, 2.75) is 6.92 Å². The first kappa shape index (κ1) is 19.8. The van der Waals surface area contributed by atoms with E-state index in [1.165, 1.54) is 19.3 Å².